The van der Waals surface area contributed by atoms with Crippen LogP contribution in [0.4, 0.5) is 4.39 Å². The first-order valence-electron chi connectivity index (χ1n) is 8.54. The van der Waals surface area contributed by atoms with Crippen LogP contribution in [0, 0.1) is 12.7 Å². The summed E-state index contributed by atoms with van der Waals surface area (Å²) in [6, 6.07) is 12.6. The minimum atomic E-state index is -0.602. The van der Waals surface area contributed by atoms with Gasteiger partial charge in [-0.15, -0.1) is 23.5 Å². The van der Waals surface area contributed by atoms with Gasteiger partial charge in [0.25, 0.3) is 0 Å². The molecule has 1 fully saturated rings. The van der Waals surface area contributed by atoms with Crippen LogP contribution in [0.3, 0.4) is 0 Å². The average molecular weight is 421 g/mol. The van der Waals surface area contributed by atoms with Gasteiger partial charge in [0, 0.05) is 27.7 Å². The van der Waals surface area contributed by atoms with Crippen LogP contribution in [0.15, 0.2) is 48.7 Å². The van der Waals surface area contributed by atoms with Gasteiger partial charge in [-0.2, -0.15) is 0 Å². The van der Waals surface area contributed by atoms with Crippen LogP contribution < -0.4 is 0 Å². The largest absolute Gasteiger partial charge is 0.390 e. The molecule has 0 bridgehead atoms. The molecular weight excluding hydrogens is 403 g/mol. The molecule has 1 aliphatic heterocycles. The molecule has 2 heterocycles. The van der Waals surface area contributed by atoms with Gasteiger partial charge in [-0.25, -0.2) is 9.37 Å². The van der Waals surface area contributed by atoms with Crippen molar-refractivity contribution in [2.75, 3.05) is 11.5 Å². The van der Waals surface area contributed by atoms with Crippen molar-refractivity contribution in [3.05, 3.63) is 82.1 Å². The summed E-state index contributed by atoms with van der Waals surface area (Å²) in [5, 5.41) is 10.4. The lowest BCUT2D eigenvalue weighted by molar-refractivity contribution is 0.274. The van der Waals surface area contributed by atoms with E-state index in [1.807, 2.05) is 41.8 Å². The monoisotopic (exact) mass is 420 g/mol. The van der Waals surface area contributed by atoms with Crippen LogP contribution in [0.2, 0.25) is 5.02 Å². The average Bonchev–Trinajstić information content (AvgIpc) is 3.30. The molecule has 0 aliphatic carbocycles. The summed E-state index contributed by atoms with van der Waals surface area (Å²) in [5.74, 6) is 2.37. The highest BCUT2D eigenvalue weighted by atomic mass is 35.5. The van der Waals surface area contributed by atoms with E-state index >= 15 is 0 Å². The molecule has 0 saturated carbocycles. The maximum atomic E-state index is 14.9. The third kappa shape index (κ3) is 3.18. The zero-order valence-electron chi connectivity index (χ0n) is 14.7. The molecule has 27 heavy (non-hydrogen) atoms. The van der Waals surface area contributed by atoms with Gasteiger partial charge in [0.05, 0.1) is 24.2 Å². The molecule has 0 radical (unpaired) electrons. The lowest BCUT2D eigenvalue weighted by Gasteiger charge is -2.31. The van der Waals surface area contributed by atoms with Gasteiger partial charge >= 0.3 is 0 Å². The Kier molecular flexibility index (Phi) is 5.25. The van der Waals surface area contributed by atoms with Gasteiger partial charge in [0.15, 0.2) is 0 Å². The molecule has 1 saturated heterocycles. The lowest BCUT2D eigenvalue weighted by Crippen LogP contribution is -2.21. The first-order chi connectivity index (χ1) is 13.1. The molecule has 7 heteroatoms. The van der Waals surface area contributed by atoms with Gasteiger partial charge in [-0.05, 0) is 31.2 Å². The van der Waals surface area contributed by atoms with Crippen molar-refractivity contribution < 1.29 is 9.50 Å². The summed E-state index contributed by atoms with van der Waals surface area (Å²) < 4.78 is 16.2. The third-order valence-corrected chi connectivity index (χ3v) is 8.36. The highest BCUT2D eigenvalue weighted by Gasteiger charge is 2.43. The van der Waals surface area contributed by atoms with Gasteiger partial charge in [0.2, 0.25) is 0 Å². The van der Waals surface area contributed by atoms with E-state index in [9.17, 15) is 9.50 Å². The Bertz CT molecular complexity index is 986. The fraction of sp³-hybridized carbons (Fsp3) is 0.250. The summed E-state index contributed by atoms with van der Waals surface area (Å²) in [6.07, 6.45) is 1.67. The topological polar surface area (TPSA) is 38.1 Å². The Morgan fingerprint density at radius 1 is 1.19 bits per heavy atom. The van der Waals surface area contributed by atoms with E-state index in [1.165, 1.54) is 6.07 Å². The Morgan fingerprint density at radius 3 is 2.63 bits per heavy atom. The molecule has 0 unspecified atom stereocenters. The van der Waals surface area contributed by atoms with Crippen molar-refractivity contribution >= 4 is 35.1 Å². The summed E-state index contributed by atoms with van der Waals surface area (Å²) in [7, 11) is 0. The Morgan fingerprint density at radius 2 is 1.93 bits per heavy atom. The first kappa shape index (κ1) is 18.9. The maximum Gasteiger partial charge on any atom is 0.129 e. The van der Waals surface area contributed by atoms with E-state index < -0.39 is 4.08 Å². The summed E-state index contributed by atoms with van der Waals surface area (Å²) in [4.78, 5) is 4.35. The molecule has 2 aromatic carbocycles. The zero-order valence-corrected chi connectivity index (χ0v) is 17.0. The number of halogens is 2. The van der Waals surface area contributed by atoms with E-state index in [2.05, 4.69) is 4.98 Å². The molecule has 4 rings (SSSR count). The van der Waals surface area contributed by atoms with Gasteiger partial charge in [-0.1, -0.05) is 29.8 Å². The summed E-state index contributed by atoms with van der Waals surface area (Å²) >= 11 is 9.81. The summed E-state index contributed by atoms with van der Waals surface area (Å²) in [5.41, 5.74) is 3.11. The van der Waals surface area contributed by atoms with E-state index in [0.29, 0.717) is 16.3 Å². The first-order valence-corrected chi connectivity index (χ1v) is 10.9. The van der Waals surface area contributed by atoms with E-state index in [4.69, 9.17) is 11.6 Å². The Labute approximate surface area is 171 Å². The highest BCUT2D eigenvalue weighted by Crippen LogP contribution is 2.58. The zero-order chi connectivity index (χ0) is 19.0. The highest BCUT2D eigenvalue weighted by molar-refractivity contribution is 8.20. The van der Waals surface area contributed by atoms with Gasteiger partial charge < -0.3 is 5.11 Å². The number of hydrogen-bond acceptors (Lipinski definition) is 4. The minimum absolute atomic E-state index is 0.129. The van der Waals surface area contributed by atoms with Crippen molar-refractivity contribution in [2.24, 2.45) is 0 Å². The molecule has 1 N–H and O–H groups in total. The van der Waals surface area contributed by atoms with Crippen molar-refractivity contribution in [2.45, 2.75) is 17.6 Å². The number of imidazole rings is 1. The molecule has 1 aromatic heterocycles. The van der Waals surface area contributed by atoms with Crippen molar-refractivity contribution in [1.82, 2.24) is 9.55 Å². The van der Waals surface area contributed by atoms with Crippen LogP contribution in [0.25, 0.3) is 5.69 Å². The van der Waals surface area contributed by atoms with Crippen LogP contribution in [-0.2, 0) is 10.7 Å². The number of thioether (sulfide) groups is 2. The number of aromatic nitrogens is 2. The molecule has 3 aromatic rings. The van der Waals surface area contributed by atoms with E-state index in [0.717, 1.165) is 28.6 Å². The summed E-state index contributed by atoms with van der Waals surface area (Å²) in [6.45, 7) is 1.76. The molecule has 0 spiro atoms. The van der Waals surface area contributed by atoms with Crippen LogP contribution >= 0.6 is 35.1 Å². The van der Waals surface area contributed by atoms with Crippen molar-refractivity contribution in [1.29, 1.82) is 0 Å². The van der Waals surface area contributed by atoms with Crippen LogP contribution in [0.5, 0.6) is 0 Å². The van der Waals surface area contributed by atoms with Crippen LogP contribution in [-0.4, -0.2) is 26.2 Å². The fourth-order valence-electron chi connectivity index (χ4n) is 3.50. The van der Waals surface area contributed by atoms with Crippen molar-refractivity contribution in [3.8, 4) is 5.69 Å². The van der Waals surface area contributed by atoms with Crippen LogP contribution in [0.1, 0.15) is 22.6 Å². The predicted octanol–water partition coefficient (Wildman–Crippen LogP) is 5.15. The fourth-order valence-corrected chi connectivity index (χ4v) is 7.02. The SMILES string of the molecule is Cc1ncc(CO)n1-c1ccc(Cl)cc1C1(c2ccccc2F)SCCS1. The standard InChI is InChI=1S/C20H18ClFN2OS2/c1-13-23-11-15(12-25)24(13)19-7-6-14(21)10-17(19)20(26-8-9-27-20)16-4-2-3-5-18(16)22/h2-7,10-11,25H,8-9,12H2,1H3. The van der Waals surface area contributed by atoms with Gasteiger partial charge in [0.1, 0.15) is 15.7 Å². The second-order valence-corrected chi connectivity index (χ2v) is 9.56. The molecule has 3 nitrogen and oxygen atoms in total. The molecule has 140 valence electrons. The van der Waals surface area contributed by atoms with E-state index in [-0.39, 0.29) is 12.4 Å². The normalized spacial score (nSPS) is 16.0. The number of hydrogen-bond donors (Lipinski definition) is 1. The van der Waals surface area contributed by atoms with Crippen molar-refractivity contribution in [3.63, 3.8) is 0 Å². The van der Waals surface area contributed by atoms with E-state index in [1.54, 1.807) is 35.8 Å². The number of aryl methyl sites for hydroxylation is 1. The second-order valence-electron chi connectivity index (χ2n) is 6.25. The number of benzene rings is 2. The molecule has 0 amide bonds. The Hall–Kier alpha value is -1.47. The number of rotatable bonds is 4. The third-order valence-electron chi connectivity index (χ3n) is 4.65. The molecule has 0 atom stereocenters. The minimum Gasteiger partial charge on any atom is -0.390 e. The lowest BCUT2D eigenvalue weighted by atomic mass is 10.0. The Balaban J connectivity index is 2.01. The smallest absolute Gasteiger partial charge is 0.129 e. The molecule has 1 aliphatic rings. The predicted molar refractivity (Wildman–Crippen MR) is 111 cm³/mol. The van der Waals surface area contributed by atoms with Gasteiger partial charge in [-0.3, -0.25) is 4.57 Å². The number of nitrogens with zero attached hydrogens (tertiary/aromatic N) is 2. The molecular formula is C20H18ClFN2OS2. The number of aliphatic hydroxyl groups is 1. The number of aliphatic hydroxyl groups excluding tert-OH is 1. The second kappa shape index (κ2) is 7.51. The maximum absolute atomic E-state index is 14.9. The quantitative estimate of drug-likeness (QED) is 0.633.